The van der Waals surface area contributed by atoms with Crippen LogP contribution in [0.1, 0.15) is 31.4 Å². The first-order valence-corrected chi connectivity index (χ1v) is 11.3. The summed E-state index contributed by atoms with van der Waals surface area (Å²) in [6, 6.07) is 11.7. The Hall–Kier alpha value is -3.59. The zero-order valence-corrected chi connectivity index (χ0v) is 18.4. The van der Waals surface area contributed by atoms with Crippen LogP contribution in [-0.2, 0) is 4.79 Å². The molecule has 4 heterocycles. The molecule has 1 aliphatic heterocycles. The lowest BCUT2D eigenvalue weighted by atomic mass is 9.93. The highest BCUT2D eigenvalue weighted by Gasteiger charge is 2.26. The standard InChI is InChI=1S/C23H22N6O2S/c1-15(30)29-12-8-16(9-13-29)21-22(25-11-10-24-21)31-17-6-7-20(26-14-17)28-23-27-18-4-2-3-5-19(18)32-23/h2-7,10-11,14,16H,8-9,12-13H2,1H3,(H,26,27,28). The van der Waals surface area contributed by atoms with Crippen molar-refractivity contribution in [1.82, 2.24) is 24.8 Å². The SMILES string of the molecule is CC(=O)N1CCC(c2nccnc2Oc2ccc(Nc3nc4ccccc4s3)nc2)CC1. The summed E-state index contributed by atoms with van der Waals surface area (Å²) >= 11 is 1.58. The number of hydrogen-bond acceptors (Lipinski definition) is 8. The second-order valence-electron chi connectivity index (χ2n) is 7.62. The van der Waals surface area contributed by atoms with Gasteiger partial charge < -0.3 is 15.0 Å². The van der Waals surface area contributed by atoms with Crippen molar-refractivity contribution in [3.8, 4) is 11.6 Å². The van der Waals surface area contributed by atoms with Crippen LogP contribution >= 0.6 is 11.3 Å². The monoisotopic (exact) mass is 446 g/mol. The van der Waals surface area contributed by atoms with Gasteiger partial charge in [0.25, 0.3) is 0 Å². The number of thiazole rings is 1. The van der Waals surface area contributed by atoms with Crippen molar-refractivity contribution >= 4 is 38.4 Å². The molecule has 4 aromatic rings. The molecule has 9 heteroatoms. The maximum Gasteiger partial charge on any atom is 0.241 e. The number of para-hydroxylation sites is 1. The van der Waals surface area contributed by atoms with Gasteiger partial charge in [0.15, 0.2) is 5.13 Å². The third kappa shape index (κ3) is 4.38. The minimum absolute atomic E-state index is 0.115. The molecule has 0 saturated carbocycles. The van der Waals surface area contributed by atoms with Gasteiger partial charge in [-0.15, -0.1) is 0 Å². The predicted octanol–water partition coefficient (Wildman–Crippen LogP) is 4.74. The second kappa shape index (κ2) is 8.88. The number of amides is 1. The number of nitrogens with zero attached hydrogens (tertiary/aromatic N) is 5. The Morgan fingerprint density at radius 2 is 1.91 bits per heavy atom. The van der Waals surface area contributed by atoms with Crippen LogP contribution in [0.25, 0.3) is 10.2 Å². The lowest BCUT2D eigenvalue weighted by Crippen LogP contribution is -2.36. The molecule has 5 rings (SSSR count). The maximum atomic E-state index is 11.6. The van der Waals surface area contributed by atoms with Crippen LogP contribution in [0.15, 0.2) is 55.0 Å². The quantitative estimate of drug-likeness (QED) is 0.473. The van der Waals surface area contributed by atoms with Crippen molar-refractivity contribution in [2.24, 2.45) is 0 Å². The highest BCUT2D eigenvalue weighted by molar-refractivity contribution is 7.22. The van der Waals surface area contributed by atoms with Crippen LogP contribution in [0, 0.1) is 0 Å². The van der Waals surface area contributed by atoms with Gasteiger partial charge in [-0.3, -0.25) is 9.78 Å². The van der Waals surface area contributed by atoms with E-state index < -0.39 is 0 Å². The number of fused-ring (bicyclic) bond motifs is 1. The van der Waals surface area contributed by atoms with Crippen molar-refractivity contribution in [3.05, 3.63) is 60.7 Å². The number of piperidine rings is 1. The number of likely N-dealkylation sites (tertiary alicyclic amines) is 1. The van der Waals surface area contributed by atoms with Crippen LogP contribution in [0.4, 0.5) is 10.9 Å². The van der Waals surface area contributed by atoms with E-state index in [9.17, 15) is 4.79 Å². The number of rotatable bonds is 5. The summed E-state index contributed by atoms with van der Waals surface area (Å²) in [6.07, 6.45) is 6.66. The minimum Gasteiger partial charge on any atom is -0.436 e. The van der Waals surface area contributed by atoms with E-state index >= 15 is 0 Å². The van der Waals surface area contributed by atoms with E-state index in [0.29, 0.717) is 17.4 Å². The number of ether oxygens (including phenoxy) is 1. The number of pyridine rings is 1. The molecule has 162 valence electrons. The largest absolute Gasteiger partial charge is 0.436 e. The first-order valence-electron chi connectivity index (χ1n) is 10.5. The number of hydrogen-bond donors (Lipinski definition) is 1. The Morgan fingerprint density at radius 3 is 2.66 bits per heavy atom. The summed E-state index contributed by atoms with van der Waals surface area (Å²) in [7, 11) is 0. The molecular formula is C23H22N6O2S. The molecule has 1 N–H and O–H groups in total. The highest BCUT2D eigenvalue weighted by Crippen LogP contribution is 2.34. The highest BCUT2D eigenvalue weighted by atomic mass is 32.1. The molecule has 8 nitrogen and oxygen atoms in total. The van der Waals surface area contributed by atoms with E-state index in [1.807, 2.05) is 41.3 Å². The van der Waals surface area contributed by atoms with E-state index in [0.717, 1.165) is 47.0 Å². The summed E-state index contributed by atoms with van der Waals surface area (Å²) in [5.41, 5.74) is 1.79. The molecule has 1 aromatic carbocycles. The number of anilines is 2. The van der Waals surface area contributed by atoms with E-state index in [1.165, 1.54) is 0 Å². The van der Waals surface area contributed by atoms with Crippen LogP contribution in [0.3, 0.4) is 0 Å². The van der Waals surface area contributed by atoms with Crippen molar-refractivity contribution in [2.45, 2.75) is 25.7 Å². The number of nitrogens with one attached hydrogen (secondary N) is 1. The minimum atomic E-state index is 0.115. The third-order valence-corrected chi connectivity index (χ3v) is 6.45. The predicted molar refractivity (Wildman–Crippen MR) is 123 cm³/mol. The molecule has 0 unspecified atom stereocenters. The fourth-order valence-corrected chi connectivity index (χ4v) is 4.70. The average molecular weight is 447 g/mol. The van der Waals surface area contributed by atoms with E-state index in [-0.39, 0.29) is 11.8 Å². The molecule has 1 fully saturated rings. The van der Waals surface area contributed by atoms with Gasteiger partial charge in [-0.05, 0) is 37.1 Å². The summed E-state index contributed by atoms with van der Waals surface area (Å²) < 4.78 is 7.16. The molecule has 1 saturated heterocycles. The summed E-state index contributed by atoms with van der Waals surface area (Å²) in [5, 5.41) is 4.03. The number of carbonyl (C=O) groups is 1. The lowest BCUT2D eigenvalue weighted by Gasteiger charge is -2.31. The molecule has 0 spiro atoms. The van der Waals surface area contributed by atoms with Crippen LogP contribution < -0.4 is 10.1 Å². The lowest BCUT2D eigenvalue weighted by molar-refractivity contribution is -0.129. The molecule has 3 aromatic heterocycles. The van der Waals surface area contributed by atoms with Crippen molar-refractivity contribution in [2.75, 3.05) is 18.4 Å². The normalized spacial score (nSPS) is 14.5. The van der Waals surface area contributed by atoms with Crippen molar-refractivity contribution < 1.29 is 9.53 Å². The van der Waals surface area contributed by atoms with Crippen molar-refractivity contribution in [1.29, 1.82) is 0 Å². The smallest absolute Gasteiger partial charge is 0.241 e. The second-order valence-corrected chi connectivity index (χ2v) is 8.65. The van der Waals surface area contributed by atoms with E-state index in [1.54, 1.807) is 36.9 Å². The maximum absolute atomic E-state index is 11.6. The summed E-state index contributed by atoms with van der Waals surface area (Å²) in [4.78, 5) is 31.4. The molecular weight excluding hydrogens is 424 g/mol. The zero-order chi connectivity index (χ0) is 21.9. The van der Waals surface area contributed by atoms with E-state index in [4.69, 9.17) is 4.74 Å². The van der Waals surface area contributed by atoms with Gasteiger partial charge in [0.2, 0.25) is 11.8 Å². The van der Waals surface area contributed by atoms with Gasteiger partial charge in [-0.25, -0.2) is 15.0 Å². The average Bonchev–Trinajstić information content (AvgIpc) is 3.23. The molecule has 0 radical (unpaired) electrons. The van der Waals surface area contributed by atoms with Crippen molar-refractivity contribution in [3.63, 3.8) is 0 Å². The first-order chi connectivity index (χ1) is 15.7. The van der Waals surface area contributed by atoms with Gasteiger partial charge in [-0.2, -0.15) is 0 Å². The number of benzene rings is 1. The molecule has 1 amide bonds. The topological polar surface area (TPSA) is 93.1 Å². The zero-order valence-electron chi connectivity index (χ0n) is 17.6. The molecule has 32 heavy (non-hydrogen) atoms. The third-order valence-electron chi connectivity index (χ3n) is 5.50. The van der Waals surface area contributed by atoms with Gasteiger partial charge in [0.1, 0.15) is 17.3 Å². The summed E-state index contributed by atoms with van der Waals surface area (Å²) in [6.45, 7) is 3.06. The first kappa shape index (κ1) is 20.3. The van der Waals surface area contributed by atoms with Gasteiger partial charge in [0, 0.05) is 38.3 Å². The number of aromatic nitrogens is 4. The molecule has 0 atom stereocenters. The fourth-order valence-electron chi connectivity index (χ4n) is 3.82. The Balaban J connectivity index is 1.27. The van der Waals surface area contributed by atoms with Gasteiger partial charge >= 0.3 is 0 Å². The molecule has 0 bridgehead atoms. The Morgan fingerprint density at radius 1 is 1.09 bits per heavy atom. The Labute approximate surface area is 189 Å². The molecule has 0 aliphatic carbocycles. The molecule has 1 aliphatic rings. The van der Waals surface area contributed by atoms with Crippen LogP contribution in [0.5, 0.6) is 11.6 Å². The number of carbonyl (C=O) groups excluding carboxylic acids is 1. The van der Waals surface area contributed by atoms with Crippen LogP contribution in [0.2, 0.25) is 0 Å². The van der Waals surface area contributed by atoms with Crippen LogP contribution in [-0.4, -0.2) is 43.8 Å². The fraction of sp³-hybridized carbons (Fsp3) is 0.261. The van der Waals surface area contributed by atoms with E-state index in [2.05, 4.69) is 25.3 Å². The van der Waals surface area contributed by atoms with Gasteiger partial charge in [-0.1, -0.05) is 23.5 Å². The van der Waals surface area contributed by atoms with Gasteiger partial charge in [0.05, 0.1) is 16.4 Å². The summed E-state index contributed by atoms with van der Waals surface area (Å²) in [5.74, 6) is 2.09. The Kier molecular flexibility index (Phi) is 5.64. The Bertz CT molecular complexity index is 1200.